The van der Waals surface area contributed by atoms with Crippen LogP contribution in [0.5, 0.6) is 0 Å². The summed E-state index contributed by atoms with van der Waals surface area (Å²) >= 11 is 0. The first-order chi connectivity index (χ1) is 12.6. The Morgan fingerprint density at radius 2 is 1.62 bits per heavy atom. The third-order valence-corrected chi connectivity index (χ3v) is 3.72. The summed E-state index contributed by atoms with van der Waals surface area (Å²) in [6.45, 7) is 0. The van der Waals surface area contributed by atoms with Gasteiger partial charge >= 0.3 is 0 Å². The number of carbonyl (C=O) groups excluding carboxylic acids is 1. The van der Waals surface area contributed by atoms with Gasteiger partial charge in [-0.25, -0.2) is 5.43 Å². The van der Waals surface area contributed by atoms with E-state index in [-0.39, 0.29) is 11.3 Å². The van der Waals surface area contributed by atoms with E-state index in [4.69, 9.17) is 0 Å². The van der Waals surface area contributed by atoms with Crippen LogP contribution >= 0.6 is 0 Å². The van der Waals surface area contributed by atoms with Gasteiger partial charge in [-0.1, -0.05) is 60.7 Å². The maximum Gasteiger partial charge on any atom is 0.271 e. The van der Waals surface area contributed by atoms with E-state index in [1.54, 1.807) is 0 Å². The summed E-state index contributed by atoms with van der Waals surface area (Å²) in [5.41, 5.74) is 5.43. The lowest BCUT2D eigenvalue weighted by molar-refractivity contribution is -0.384. The summed E-state index contributed by atoms with van der Waals surface area (Å²) in [6.07, 6.45) is 1.52. The molecule has 0 aromatic heterocycles. The summed E-state index contributed by atoms with van der Waals surface area (Å²) < 4.78 is 0. The molecule has 26 heavy (non-hydrogen) atoms. The van der Waals surface area contributed by atoms with Gasteiger partial charge in [0.1, 0.15) is 0 Å². The third-order valence-electron chi connectivity index (χ3n) is 3.72. The number of hydrogen-bond acceptors (Lipinski definition) is 4. The van der Waals surface area contributed by atoms with E-state index in [0.717, 1.165) is 16.7 Å². The van der Waals surface area contributed by atoms with Crippen molar-refractivity contribution >= 4 is 17.8 Å². The molecule has 3 rings (SSSR count). The molecule has 0 aliphatic rings. The number of hydrogen-bond donors (Lipinski definition) is 1. The molecule has 0 bridgehead atoms. The van der Waals surface area contributed by atoms with Gasteiger partial charge < -0.3 is 0 Å². The van der Waals surface area contributed by atoms with Crippen LogP contribution in [0.25, 0.3) is 11.1 Å². The molecule has 1 N–H and O–H groups in total. The average Bonchev–Trinajstić information content (AvgIpc) is 2.69. The van der Waals surface area contributed by atoms with Gasteiger partial charge in [-0.2, -0.15) is 5.10 Å². The Hall–Kier alpha value is -3.80. The minimum absolute atomic E-state index is 0.141. The maximum atomic E-state index is 12.0. The van der Waals surface area contributed by atoms with E-state index >= 15 is 0 Å². The van der Waals surface area contributed by atoms with Gasteiger partial charge in [0.15, 0.2) is 0 Å². The Morgan fingerprint density at radius 1 is 0.923 bits per heavy atom. The van der Waals surface area contributed by atoms with E-state index in [9.17, 15) is 14.9 Å². The Kier molecular flexibility index (Phi) is 5.14. The SMILES string of the molecule is O=C(N/N=C\c1ccc(-c2ccccc2)cc1)c1cccc([N+](=O)[O-])c1. The number of amides is 1. The zero-order valence-corrected chi connectivity index (χ0v) is 13.7. The van der Waals surface area contributed by atoms with Crippen LogP contribution in [0.2, 0.25) is 0 Å². The number of nitrogens with one attached hydrogen (secondary N) is 1. The number of rotatable bonds is 5. The van der Waals surface area contributed by atoms with Crippen molar-refractivity contribution in [2.75, 3.05) is 0 Å². The van der Waals surface area contributed by atoms with Crippen molar-refractivity contribution in [2.45, 2.75) is 0 Å². The second-order valence-electron chi connectivity index (χ2n) is 5.49. The van der Waals surface area contributed by atoms with Crippen LogP contribution in [0.1, 0.15) is 15.9 Å². The monoisotopic (exact) mass is 345 g/mol. The van der Waals surface area contributed by atoms with E-state index in [2.05, 4.69) is 10.5 Å². The van der Waals surface area contributed by atoms with Gasteiger partial charge in [-0.05, 0) is 22.8 Å². The van der Waals surface area contributed by atoms with Crippen LogP contribution in [-0.4, -0.2) is 17.0 Å². The highest BCUT2D eigenvalue weighted by Crippen LogP contribution is 2.18. The summed E-state index contributed by atoms with van der Waals surface area (Å²) in [6, 6.07) is 23.2. The van der Waals surface area contributed by atoms with Gasteiger partial charge in [0.05, 0.1) is 11.1 Å². The van der Waals surface area contributed by atoms with Crippen molar-refractivity contribution in [3.8, 4) is 11.1 Å². The third kappa shape index (κ3) is 4.18. The molecule has 6 heteroatoms. The molecule has 128 valence electrons. The molecule has 0 unspecified atom stereocenters. The summed E-state index contributed by atoms with van der Waals surface area (Å²) in [5.74, 6) is -0.508. The number of nitro benzene ring substituents is 1. The highest BCUT2D eigenvalue weighted by Gasteiger charge is 2.10. The van der Waals surface area contributed by atoms with Gasteiger partial charge in [-0.15, -0.1) is 0 Å². The van der Waals surface area contributed by atoms with Gasteiger partial charge in [0, 0.05) is 17.7 Å². The van der Waals surface area contributed by atoms with Crippen molar-refractivity contribution in [1.29, 1.82) is 0 Å². The first kappa shape index (κ1) is 17.0. The summed E-state index contributed by atoms with van der Waals surface area (Å²) in [5, 5.41) is 14.6. The molecular formula is C20H15N3O3. The average molecular weight is 345 g/mol. The van der Waals surface area contributed by atoms with Gasteiger partial charge in [0.25, 0.3) is 11.6 Å². The smallest absolute Gasteiger partial charge is 0.267 e. The highest BCUT2D eigenvalue weighted by molar-refractivity contribution is 5.95. The predicted molar refractivity (Wildman–Crippen MR) is 100 cm³/mol. The Balaban J connectivity index is 1.64. The Bertz CT molecular complexity index is 952. The van der Waals surface area contributed by atoms with Gasteiger partial charge in [-0.3, -0.25) is 14.9 Å². The quantitative estimate of drug-likeness (QED) is 0.430. The molecule has 3 aromatic carbocycles. The lowest BCUT2D eigenvalue weighted by Crippen LogP contribution is -2.17. The lowest BCUT2D eigenvalue weighted by atomic mass is 10.0. The van der Waals surface area contributed by atoms with Crippen LogP contribution in [0.4, 0.5) is 5.69 Å². The highest BCUT2D eigenvalue weighted by atomic mass is 16.6. The Morgan fingerprint density at radius 3 is 2.31 bits per heavy atom. The molecule has 0 aliphatic carbocycles. The molecule has 0 aliphatic heterocycles. The molecule has 3 aromatic rings. The van der Waals surface area contributed by atoms with Crippen molar-refractivity contribution in [2.24, 2.45) is 5.10 Å². The lowest BCUT2D eigenvalue weighted by Gasteiger charge is -2.02. The van der Waals surface area contributed by atoms with Crippen LogP contribution in [0, 0.1) is 10.1 Å². The molecule has 0 saturated heterocycles. The van der Waals surface area contributed by atoms with Crippen LogP contribution in [-0.2, 0) is 0 Å². The number of nitrogens with zero attached hydrogens (tertiary/aromatic N) is 2. The van der Waals surface area contributed by atoms with E-state index < -0.39 is 10.8 Å². The number of benzene rings is 3. The summed E-state index contributed by atoms with van der Waals surface area (Å²) in [7, 11) is 0. The normalized spacial score (nSPS) is 10.6. The second kappa shape index (κ2) is 7.85. The summed E-state index contributed by atoms with van der Waals surface area (Å²) in [4.78, 5) is 22.2. The van der Waals surface area contributed by atoms with E-state index in [1.165, 1.54) is 30.5 Å². The molecule has 6 nitrogen and oxygen atoms in total. The van der Waals surface area contributed by atoms with Crippen LogP contribution < -0.4 is 5.43 Å². The molecule has 0 saturated carbocycles. The first-order valence-electron chi connectivity index (χ1n) is 7.87. The molecule has 1 amide bonds. The molecule has 0 heterocycles. The fraction of sp³-hybridized carbons (Fsp3) is 0. The number of non-ortho nitro benzene ring substituents is 1. The van der Waals surface area contributed by atoms with Crippen LogP contribution in [0.3, 0.4) is 0 Å². The minimum Gasteiger partial charge on any atom is -0.267 e. The molecule has 0 fully saturated rings. The first-order valence-corrected chi connectivity index (χ1v) is 7.87. The molecule has 0 atom stereocenters. The number of nitro groups is 1. The van der Waals surface area contributed by atoms with E-state index in [1.807, 2.05) is 54.6 Å². The van der Waals surface area contributed by atoms with Crippen molar-refractivity contribution in [1.82, 2.24) is 5.43 Å². The van der Waals surface area contributed by atoms with Crippen LogP contribution in [0.15, 0.2) is 84.0 Å². The van der Waals surface area contributed by atoms with Crippen molar-refractivity contribution in [3.05, 3.63) is 100 Å². The molecular weight excluding hydrogens is 330 g/mol. The van der Waals surface area contributed by atoms with Gasteiger partial charge in [0.2, 0.25) is 0 Å². The number of hydrazone groups is 1. The molecule has 0 radical (unpaired) electrons. The van der Waals surface area contributed by atoms with Crippen molar-refractivity contribution in [3.63, 3.8) is 0 Å². The minimum atomic E-state index is -0.547. The fourth-order valence-corrected chi connectivity index (χ4v) is 2.38. The second-order valence-corrected chi connectivity index (χ2v) is 5.49. The fourth-order valence-electron chi connectivity index (χ4n) is 2.38. The predicted octanol–water partition coefficient (Wildman–Crippen LogP) is 4.03. The van der Waals surface area contributed by atoms with E-state index in [0.29, 0.717) is 0 Å². The maximum absolute atomic E-state index is 12.0. The largest absolute Gasteiger partial charge is 0.271 e. The topological polar surface area (TPSA) is 84.6 Å². The number of carbonyl (C=O) groups is 1. The van der Waals surface area contributed by atoms with Crippen molar-refractivity contribution < 1.29 is 9.72 Å². The zero-order chi connectivity index (χ0) is 18.4. The standard InChI is InChI=1S/C20H15N3O3/c24-20(18-7-4-8-19(13-18)23(25)26)22-21-14-15-9-11-17(12-10-15)16-5-2-1-3-6-16/h1-14H,(H,22,24)/b21-14-. The zero-order valence-electron chi connectivity index (χ0n) is 13.7. The molecule has 0 spiro atoms. The Labute approximate surface area is 150 Å².